The molecule has 12 heteroatoms. The molecule has 2 aliphatic rings. The molecule has 1 aromatic carbocycles. The van der Waals surface area contributed by atoms with Crippen molar-refractivity contribution in [2.75, 3.05) is 5.32 Å². The topological polar surface area (TPSA) is 142 Å². The van der Waals surface area contributed by atoms with Crippen molar-refractivity contribution in [3.05, 3.63) is 17.2 Å². The van der Waals surface area contributed by atoms with Gasteiger partial charge in [-0.25, -0.2) is 22.0 Å². The molecule has 0 radical (unpaired) electrons. The van der Waals surface area contributed by atoms with E-state index in [1.165, 1.54) is 11.1 Å². The first kappa shape index (κ1) is 20.8. The number of nitrogens with one attached hydrogen (secondary N) is 2. The van der Waals surface area contributed by atoms with Gasteiger partial charge in [0.25, 0.3) is 0 Å². The molecule has 0 aliphatic carbocycles. The van der Waals surface area contributed by atoms with Gasteiger partial charge in [0.05, 0.1) is 10.7 Å². The zero-order chi connectivity index (χ0) is 20.6. The van der Waals surface area contributed by atoms with Crippen molar-refractivity contribution in [2.24, 2.45) is 5.14 Å². The van der Waals surface area contributed by atoms with Crippen LogP contribution < -0.4 is 15.2 Å². The Morgan fingerprint density at radius 3 is 2.19 bits per heavy atom. The Bertz CT molecular complexity index is 1000. The lowest BCUT2D eigenvalue weighted by Crippen LogP contribution is -2.71. The third-order valence-corrected chi connectivity index (χ3v) is 7.90. The monoisotopic (exact) mass is 438 g/mol. The van der Waals surface area contributed by atoms with Crippen LogP contribution in [0, 0.1) is 0 Å². The predicted molar refractivity (Wildman–Crippen MR) is 101 cm³/mol. The quantitative estimate of drug-likeness (QED) is 0.519. The number of nitrogens with zero attached hydrogens (tertiary/aromatic N) is 1. The van der Waals surface area contributed by atoms with Crippen LogP contribution in [0.2, 0.25) is 5.02 Å². The van der Waals surface area contributed by atoms with Crippen molar-refractivity contribution in [3.8, 4) is 0 Å². The molecule has 0 amide bonds. The first-order chi connectivity index (χ1) is 12.0. The number of piperidine rings is 1. The van der Waals surface area contributed by atoms with Crippen LogP contribution in [0.3, 0.4) is 0 Å². The zero-order valence-corrected chi connectivity index (χ0v) is 17.8. The molecule has 5 N–H and O–H groups in total. The fourth-order valence-electron chi connectivity index (χ4n) is 4.34. The number of anilines is 1. The van der Waals surface area contributed by atoms with Crippen LogP contribution in [0.1, 0.15) is 40.5 Å². The molecule has 1 saturated heterocycles. The zero-order valence-electron chi connectivity index (χ0n) is 15.4. The van der Waals surface area contributed by atoms with E-state index in [9.17, 15) is 22.0 Å². The molecule has 0 bridgehead atoms. The Balaban J connectivity index is 2.17. The van der Waals surface area contributed by atoms with E-state index in [0.717, 1.165) is 6.07 Å². The Labute approximate surface area is 163 Å². The van der Waals surface area contributed by atoms with Crippen LogP contribution in [-0.2, 0) is 20.0 Å². The lowest BCUT2D eigenvalue weighted by Gasteiger charge is -2.57. The third kappa shape index (κ3) is 3.46. The lowest BCUT2D eigenvalue weighted by molar-refractivity contribution is -0.252. The van der Waals surface area contributed by atoms with Crippen molar-refractivity contribution in [2.45, 2.75) is 67.1 Å². The smallest absolute Gasteiger partial charge is 0.244 e. The second kappa shape index (κ2) is 5.78. The normalized spacial score (nSPS) is 25.6. The van der Waals surface area contributed by atoms with Crippen LogP contribution in [0.15, 0.2) is 21.9 Å². The fraction of sp³-hybridized carbons (Fsp3) is 0.600. The number of nitrogens with two attached hydrogens (primary N) is 1. The summed E-state index contributed by atoms with van der Waals surface area (Å²) < 4.78 is 51.9. The van der Waals surface area contributed by atoms with Gasteiger partial charge in [-0.05, 0) is 39.8 Å². The molecule has 1 fully saturated rings. The van der Waals surface area contributed by atoms with Crippen molar-refractivity contribution in [1.29, 1.82) is 0 Å². The molecule has 2 heterocycles. The van der Waals surface area contributed by atoms with Crippen LogP contribution in [-0.4, -0.2) is 43.8 Å². The number of hydrogen-bond donors (Lipinski definition) is 4. The van der Waals surface area contributed by atoms with Gasteiger partial charge in [0, 0.05) is 23.9 Å². The minimum Gasteiger partial charge on any atom is -0.365 e. The maximum Gasteiger partial charge on any atom is 0.244 e. The summed E-state index contributed by atoms with van der Waals surface area (Å²) in [6.45, 7) is 7.22. The second-order valence-electron chi connectivity index (χ2n) is 8.43. The predicted octanol–water partition coefficient (Wildman–Crippen LogP) is 1.43. The summed E-state index contributed by atoms with van der Waals surface area (Å²) in [6, 6.07) is 2.20. The molecule has 27 heavy (non-hydrogen) atoms. The van der Waals surface area contributed by atoms with Gasteiger partial charge in [0.2, 0.25) is 20.0 Å². The summed E-state index contributed by atoms with van der Waals surface area (Å²) in [7, 11) is -8.25. The van der Waals surface area contributed by atoms with Gasteiger partial charge < -0.3 is 10.5 Å². The minimum absolute atomic E-state index is 0.172. The summed E-state index contributed by atoms with van der Waals surface area (Å²) in [4.78, 5) is -0.708. The number of rotatable bonds is 1. The molecule has 0 atom stereocenters. The van der Waals surface area contributed by atoms with Gasteiger partial charge in [-0.15, -0.1) is 0 Å². The summed E-state index contributed by atoms with van der Waals surface area (Å²) in [5, 5.41) is 19.9. The third-order valence-electron chi connectivity index (χ3n) is 4.95. The van der Waals surface area contributed by atoms with E-state index in [1.54, 1.807) is 27.7 Å². The van der Waals surface area contributed by atoms with Gasteiger partial charge in [0.15, 0.2) is 0 Å². The Morgan fingerprint density at radius 2 is 1.70 bits per heavy atom. The van der Waals surface area contributed by atoms with Gasteiger partial charge in [-0.1, -0.05) is 11.6 Å². The molecule has 0 unspecified atom stereocenters. The standard InChI is InChI=1S/C15H23ClN4O5S2/c1-13(2)7-15(8-14(3,4)20(13)21)18-10-5-9(16)11(26(17,22)23)6-12(10)27(24,25)19-15/h5-6,18-19,21H,7-8H2,1-4H3,(H2,17,22,23). The molecule has 3 rings (SSSR count). The number of benzene rings is 1. The number of primary sulfonamides is 1. The fourth-order valence-corrected chi connectivity index (χ4v) is 7.00. The van der Waals surface area contributed by atoms with Gasteiger partial charge in [0.1, 0.15) is 15.5 Å². The number of hydrogen-bond acceptors (Lipinski definition) is 7. The highest BCUT2D eigenvalue weighted by Gasteiger charge is 2.55. The van der Waals surface area contributed by atoms with E-state index in [-0.39, 0.29) is 28.4 Å². The molecule has 1 spiro atoms. The van der Waals surface area contributed by atoms with Gasteiger partial charge in [-0.2, -0.15) is 9.79 Å². The first-order valence-electron chi connectivity index (χ1n) is 8.17. The highest BCUT2D eigenvalue weighted by Crippen LogP contribution is 2.46. The minimum atomic E-state index is -4.19. The summed E-state index contributed by atoms with van der Waals surface area (Å²) in [5.74, 6) is 0. The Hall–Kier alpha value is -0.950. The maximum absolute atomic E-state index is 12.9. The lowest BCUT2D eigenvalue weighted by atomic mass is 9.75. The van der Waals surface area contributed by atoms with E-state index >= 15 is 0 Å². The summed E-state index contributed by atoms with van der Waals surface area (Å²) in [5.41, 5.74) is -2.37. The van der Waals surface area contributed by atoms with Gasteiger partial charge >= 0.3 is 0 Å². The highest BCUT2D eigenvalue weighted by atomic mass is 35.5. The summed E-state index contributed by atoms with van der Waals surface area (Å²) in [6.07, 6.45) is 0.514. The molecule has 152 valence electrons. The van der Waals surface area contributed by atoms with E-state index < -0.39 is 41.7 Å². The molecule has 9 nitrogen and oxygen atoms in total. The summed E-state index contributed by atoms with van der Waals surface area (Å²) >= 11 is 6.04. The van der Waals surface area contributed by atoms with E-state index in [0.29, 0.717) is 0 Å². The molecule has 0 aromatic heterocycles. The van der Waals surface area contributed by atoms with E-state index in [1.807, 2.05) is 0 Å². The number of hydroxylamine groups is 2. The van der Waals surface area contributed by atoms with Crippen LogP contribution >= 0.6 is 11.6 Å². The SMILES string of the molecule is CC1(C)CC2(CC(C)(C)N1O)Nc1cc(Cl)c(S(N)(=O)=O)cc1S(=O)(=O)N2. The molecule has 2 aliphatic heterocycles. The van der Waals surface area contributed by atoms with Crippen molar-refractivity contribution >= 4 is 37.3 Å². The Kier molecular flexibility index (Phi) is 4.45. The number of sulfonamides is 2. The average molecular weight is 439 g/mol. The second-order valence-corrected chi connectivity index (χ2v) is 12.0. The van der Waals surface area contributed by atoms with Crippen molar-refractivity contribution < 1.29 is 22.0 Å². The van der Waals surface area contributed by atoms with E-state index in [4.69, 9.17) is 16.7 Å². The molecular weight excluding hydrogens is 416 g/mol. The van der Waals surface area contributed by atoms with Crippen LogP contribution in [0.25, 0.3) is 0 Å². The largest absolute Gasteiger partial charge is 0.365 e. The molecule has 1 aromatic rings. The maximum atomic E-state index is 12.9. The van der Waals surface area contributed by atoms with Crippen LogP contribution in [0.5, 0.6) is 0 Å². The highest BCUT2D eigenvalue weighted by molar-refractivity contribution is 7.90. The van der Waals surface area contributed by atoms with E-state index in [2.05, 4.69) is 10.0 Å². The number of halogens is 1. The Morgan fingerprint density at radius 1 is 1.19 bits per heavy atom. The first-order valence-corrected chi connectivity index (χ1v) is 11.6. The number of fused-ring (bicyclic) bond motifs is 1. The van der Waals surface area contributed by atoms with Gasteiger partial charge in [-0.3, -0.25) is 0 Å². The van der Waals surface area contributed by atoms with Crippen molar-refractivity contribution in [3.63, 3.8) is 0 Å². The van der Waals surface area contributed by atoms with Crippen LogP contribution in [0.4, 0.5) is 5.69 Å². The average Bonchev–Trinajstić information content (AvgIpc) is 2.40. The van der Waals surface area contributed by atoms with Crippen molar-refractivity contribution in [1.82, 2.24) is 9.79 Å². The molecule has 0 saturated carbocycles. The molecular formula is C15H23ClN4O5S2.